The lowest BCUT2D eigenvalue weighted by atomic mass is 10.2. The number of hydrogen-bond donors (Lipinski definition) is 2. The summed E-state index contributed by atoms with van der Waals surface area (Å²) in [5, 5.41) is 3.20. The van der Waals surface area contributed by atoms with Gasteiger partial charge in [0, 0.05) is 19.6 Å². The van der Waals surface area contributed by atoms with Crippen molar-refractivity contribution in [3.05, 3.63) is 53.6 Å². The molecule has 0 aliphatic rings. The second-order valence-electron chi connectivity index (χ2n) is 5.58. The monoisotopic (exact) mass is 364 g/mol. The van der Waals surface area contributed by atoms with Crippen molar-refractivity contribution in [2.75, 3.05) is 27.3 Å². The second-order valence-corrected chi connectivity index (χ2v) is 7.34. The third-order valence-corrected chi connectivity index (χ3v) is 5.18. The van der Waals surface area contributed by atoms with E-state index >= 15 is 0 Å². The van der Waals surface area contributed by atoms with Crippen LogP contribution in [0.4, 0.5) is 0 Å². The lowest BCUT2D eigenvalue weighted by molar-refractivity contribution is 0.354. The number of benzene rings is 2. The molecule has 0 saturated carbocycles. The number of ether oxygens (including phenoxy) is 2. The molecular formula is C18H24N2O4S. The molecule has 0 radical (unpaired) electrons. The molecule has 0 heterocycles. The Balaban J connectivity index is 1.80. The standard InChI is InChI=1S/C18H24N2O4S/c1-14-4-7-16(8-5-14)25(21,22)20-11-10-19-13-15-6-9-17(23-2)18(12-15)24-3/h4-9,12,19-20H,10-11,13H2,1-3H3. The van der Waals surface area contributed by atoms with Gasteiger partial charge in [-0.25, -0.2) is 13.1 Å². The zero-order valence-corrected chi connectivity index (χ0v) is 15.5. The van der Waals surface area contributed by atoms with Gasteiger partial charge in [-0.3, -0.25) is 0 Å². The Hall–Kier alpha value is -2.09. The number of aryl methyl sites for hydroxylation is 1. The average molecular weight is 364 g/mol. The maximum atomic E-state index is 12.2. The van der Waals surface area contributed by atoms with Crippen LogP contribution in [-0.2, 0) is 16.6 Å². The Bertz CT molecular complexity index is 789. The highest BCUT2D eigenvalue weighted by molar-refractivity contribution is 7.89. The average Bonchev–Trinajstić information content (AvgIpc) is 2.61. The third kappa shape index (κ3) is 5.45. The SMILES string of the molecule is COc1ccc(CNCCNS(=O)(=O)c2ccc(C)cc2)cc1OC. The van der Waals surface area contributed by atoms with E-state index in [9.17, 15) is 8.42 Å². The summed E-state index contributed by atoms with van der Waals surface area (Å²) in [7, 11) is -0.283. The first-order valence-corrected chi connectivity index (χ1v) is 9.42. The van der Waals surface area contributed by atoms with Crippen molar-refractivity contribution in [2.24, 2.45) is 0 Å². The van der Waals surface area contributed by atoms with Crippen molar-refractivity contribution in [1.29, 1.82) is 0 Å². The molecule has 2 aromatic carbocycles. The molecule has 6 nitrogen and oxygen atoms in total. The Kier molecular flexibility index (Phi) is 6.81. The van der Waals surface area contributed by atoms with Crippen LogP contribution in [0.15, 0.2) is 47.4 Å². The summed E-state index contributed by atoms with van der Waals surface area (Å²) in [6.45, 7) is 3.34. The van der Waals surface area contributed by atoms with Gasteiger partial charge in [-0.05, 0) is 36.8 Å². The molecule has 0 spiro atoms. The van der Waals surface area contributed by atoms with Crippen LogP contribution < -0.4 is 19.5 Å². The normalized spacial score (nSPS) is 11.3. The van der Waals surface area contributed by atoms with Gasteiger partial charge in [0.05, 0.1) is 19.1 Å². The van der Waals surface area contributed by atoms with E-state index in [0.717, 1.165) is 11.1 Å². The maximum Gasteiger partial charge on any atom is 0.240 e. The van der Waals surface area contributed by atoms with Crippen LogP contribution >= 0.6 is 0 Å². The van der Waals surface area contributed by atoms with Crippen molar-refractivity contribution in [3.63, 3.8) is 0 Å². The van der Waals surface area contributed by atoms with Gasteiger partial charge in [0.1, 0.15) is 0 Å². The lowest BCUT2D eigenvalue weighted by Crippen LogP contribution is -2.31. The Labute approximate surface area is 149 Å². The van der Waals surface area contributed by atoms with Crippen LogP contribution in [0.3, 0.4) is 0 Å². The van der Waals surface area contributed by atoms with E-state index in [1.807, 2.05) is 25.1 Å². The molecule has 0 aliphatic heterocycles. The number of sulfonamides is 1. The third-order valence-electron chi connectivity index (χ3n) is 3.70. The Morgan fingerprint density at radius 3 is 2.24 bits per heavy atom. The van der Waals surface area contributed by atoms with Crippen LogP contribution in [0.2, 0.25) is 0 Å². The minimum Gasteiger partial charge on any atom is -0.493 e. The van der Waals surface area contributed by atoms with Crippen molar-refractivity contribution < 1.29 is 17.9 Å². The molecule has 2 rings (SSSR count). The number of hydrogen-bond acceptors (Lipinski definition) is 5. The zero-order valence-electron chi connectivity index (χ0n) is 14.7. The zero-order chi connectivity index (χ0) is 18.3. The molecule has 0 amide bonds. The summed E-state index contributed by atoms with van der Waals surface area (Å²) in [6.07, 6.45) is 0. The lowest BCUT2D eigenvalue weighted by Gasteiger charge is -2.11. The van der Waals surface area contributed by atoms with Gasteiger partial charge in [-0.2, -0.15) is 0 Å². The Morgan fingerprint density at radius 2 is 1.60 bits per heavy atom. The van der Waals surface area contributed by atoms with Crippen LogP contribution in [0.1, 0.15) is 11.1 Å². The molecule has 7 heteroatoms. The molecule has 0 fully saturated rings. The van der Waals surface area contributed by atoms with Crippen molar-refractivity contribution >= 4 is 10.0 Å². The summed E-state index contributed by atoms with van der Waals surface area (Å²) < 4.78 is 37.4. The molecule has 25 heavy (non-hydrogen) atoms. The minimum atomic E-state index is -3.47. The van der Waals surface area contributed by atoms with Gasteiger partial charge < -0.3 is 14.8 Å². The fourth-order valence-corrected chi connectivity index (χ4v) is 3.33. The van der Waals surface area contributed by atoms with Gasteiger partial charge in [0.25, 0.3) is 0 Å². The summed E-state index contributed by atoms with van der Waals surface area (Å²) >= 11 is 0. The predicted molar refractivity (Wildman–Crippen MR) is 97.6 cm³/mol. The van der Waals surface area contributed by atoms with E-state index in [-0.39, 0.29) is 4.90 Å². The largest absolute Gasteiger partial charge is 0.493 e. The molecule has 0 atom stereocenters. The minimum absolute atomic E-state index is 0.276. The van der Waals surface area contributed by atoms with E-state index in [2.05, 4.69) is 10.0 Å². The summed E-state index contributed by atoms with van der Waals surface area (Å²) in [5.41, 5.74) is 2.05. The van der Waals surface area contributed by atoms with Crippen molar-refractivity contribution in [1.82, 2.24) is 10.0 Å². The maximum absolute atomic E-state index is 12.2. The molecule has 2 N–H and O–H groups in total. The quantitative estimate of drug-likeness (QED) is 0.666. The summed E-state index contributed by atoms with van der Waals surface area (Å²) in [5.74, 6) is 1.35. The van der Waals surface area contributed by atoms with Gasteiger partial charge in [0.15, 0.2) is 11.5 Å². The molecular weight excluding hydrogens is 340 g/mol. The molecule has 2 aromatic rings. The fourth-order valence-electron chi connectivity index (χ4n) is 2.30. The molecule has 0 aliphatic carbocycles. The molecule has 136 valence electrons. The number of nitrogens with one attached hydrogen (secondary N) is 2. The van der Waals surface area contributed by atoms with E-state index in [1.165, 1.54) is 0 Å². The molecule has 0 aromatic heterocycles. The first-order chi connectivity index (χ1) is 12.0. The molecule has 0 saturated heterocycles. The van der Waals surface area contributed by atoms with Crippen LogP contribution in [0, 0.1) is 6.92 Å². The topological polar surface area (TPSA) is 76.7 Å². The summed E-state index contributed by atoms with van der Waals surface area (Å²) in [6, 6.07) is 12.4. The highest BCUT2D eigenvalue weighted by Gasteiger charge is 2.12. The highest BCUT2D eigenvalue weighted by atomic mass is 32.2. The van der Waals surface area contributed by atoms with E-state index in [0.29, 0.717) is 31.1 Å². The van der Waals surface area contributed by atoms with Crippen LogP contribution in [-0.4, -0.2) is 35.7 Å². The number of rotatable bonds is 9. The highest BCUT2D eigenvalue weighted by Crippen LogP contribution is 2.27. The summed E-state index contributed by atoms with van der Waals surface area (Å²) in [4.78, 5) is 0.276. The van der Waals surface area contributed by atoms with Gasteiger partial charge in [-0.1, -0.05) is 23.8 Å². The van der Waals surface area contributed by atoms with Crippen molar-refractivity contribution in [3.8, 4) is 11.5 Å². The number of methoxy groups -OCH3 is 2. The fraction of sp³-hybridized carbons (Fsp3) is 0.333. The van der Waals surface area contributed by atoms with Crippen LogP contribution in [0.5, 0.6) is 11.5 Å². The van der Waals surface area contributed by atoms with Gasteiger partial charge in [-0.15, -0.1) is 0 Å². The van der Waals surface area contributed by atoms with Crippen LogP contribution in [0.25, 0.3) is 0 Å². The Morgan fingerprint density at radius 1 is 0.920 bits per heavy atom. The van der Waals surface area contributed by atoms with E-state index < -0.39 is 10.0 Å². The first-order valence-electron chi connectivity index (χ1n) is 7.94. The predicted octanol–water partition coefficient (Wildman–Crippen LogP) is 2.08. The smallest absolute Gasteiger partial charge is 0.240 e. The second kappa shape index (κ2) is 8.84. The van der Waals surface area contributed by atoms with Gasteiger partial charge >= 0.3 is 0 Å². The van der Waals surface area contributed by atoms with E-state index in [4.69, 9.17) is 9.47 Å². The molecule has 0 unspecified atom stereocenters. The van der Waals surface area contributed by atoms with E-state index in [1.54, 1.807) is 38.5 Å². The van der Waals surface area contributed by atoms with Crippen molar-refractivity contribution in [2.45, 2.75) is 18.4 Å². The molecule has 0 bridgehead atoms. The first kappa shape index (κ1) is 19.2. The van der Waals surface area contributed by atoms with Gasteiger partial charge in [0.2, 0.25) is 10.0 Å².